The van der Waals surface area contributed by atoms with E-state index in [4.69, 9.17) is 18.9 Å². The minimum absolute atomic E-state index is 0.113. The summed E-state index contributed by atoms with van der Waals surface area (Å²) in [5.74, 6) is 2.02. The fourth-order valence-corrected chi connectivity index (χ4v) is 8.01. The van der Waals surface area contributed by atoms with Gasteiger partial charge in [0.15, 0.2) is 0 Å². The van der Waals surface area contributed by atoms with Crippen molar-refractivity contribution in [2.45, 2.75) is 123 Å². The molecule has 258 valence electrons. The summed E-state index contributed by atoms with van der Waals surface area (Å²) in [7, 11) is -2.20. The first-order valence-electron chi connectivity index (χ1n) is 18.1. The van der Waals surface area contributed by atoms with Crippen molar-refractivity contribution in [1.29, 1.82) is 0 Å². The summed E-state index contributed by atoms with van der Waals surface area (Å²) < 4.78 is 22.9. The van der Waals surface area contributed by atoms with Crippen LogP contribution in [0.4, 0.5) is 0 Å². The van der Waals surface area contributed by atoms with E-state index < -0.39 is 16.1 Å². The number of benzene rings is 3. The Morgan fingerprint density at radius 3 is 1.28 bits per heavy atom. The number of hydrogen-bond donors (Lipinski definition) is 0. The number of aryl methyl sites for hydroxylation is 2. The van der Waals surface area contributed by atoms with Crippen molar-refractivity contribution in [1.82, 2.24) is 0 Å². The third-order valence-corrected chi connectivity index (χ3v) is 13.6. The Hall–Kier alpha value is -2.39. The molecule has 2 aliphatic rings. The average molecular weight is 675 g/mol. The van der Waals surface area contributed by atoms with E-state index in [-0.39, 0.29) is 17.6 Å². The molecule has 0 aliphatic carbocycles. The Kier molecular flexibility index (Phi) is 13.0. The van der Waals surface area contributed by atoms with Crippen molar-refractivity contribution in [2.75, 3.05) is 26.4 Å². The molecule has 3 aromatic rings. The molecule has 0 N–H and O–H groups in total. The van der Waals surface area contributed by atoms with Gasteiger partial charge in [-0.2, -0.15) is 0 Å². The first-order chi connectivity index (χ1) is 22.2. The molecule has 0 bridgehead atoms. The lowest BCUT2D eigenvalue weighted by Crippen LogP contribution is -2.42. The van der Waals surface area contributed by atoms with E-state index in [2.05, 4.69) is 128 Å². The number of rotatable bonds is 16. The van der Waals surface area contributed by atoms with E-state index in [0.29, 0.717) is 13.2 Å². The van der Waals surface area contributed by atoms with E-state index in [1.165, 1.54) is 35.1 Å². The fraction of sp³-hybridized carbons (Fsp3) is 0.561. The van der Waals surface area contributed by atoms with Gasteiger partial charge in [-0.1, -0.05) is 139 Å². The Labute approximate surface area is 288 Å². The van der Waals surface area contributed by atoms with Crippen LogP contribution in [0.15, 0.2) is 60.7 Å². The lowest BCUT2D eigenvalue weighted by atomic mass is 9.76. The van der Waals surface area contributed by atoms with E-state index in [1.807, 2.05) is 0 Å². The monoisotopic (exact) mass is 674 g/mol. The summed E-state index contributed by atoms with van der Waals surface area (Å²) in [4.78, 5) is 0. The molecule has 3 aromatic carbocycles. The van der Waals surface area contributed by atoms with Gasteiger partial charge >= 0.3 is 0 Å². The third kappa shape index (κ3) is 11.3. The average Bonchev–Trinajstić information content (AvgIpc) is 3.97. The van der Waals surface area contributed by atoms with Crippen molar-refractivity contribution >= 4 is 26.5 Å². The maximum absolute atomic E-state index is 6.11. The van der Waals surface area contributed by atoms with Gasteiger partial charge in [0.25, 0.3) is 0 Å². The van der Waals surface area contributed by atoms with Gasteiger partial charge in [0, 0.05) is 5.41 Å². The van der Waals surface area contributed by atoms with Crippen LogP contribution in [0.2, 0.25) is 39.3 Å². The molecular weight excluding hydrogens is 613 g/mol. The molecule has 0 spiro atoms. The molecule has 0 saturated carbocycles. The summed E-state index contributed by atoms with van der Waals surface area (Å²) in [5, 5.41) is 3.14. The number of hydrogen-bond acceptors (Lipinski definition) is 4. The summed E-state index contributed by atoms with van der Waals surface area (Å²) in [6, 6.07) is 22.9. The fourth-order valence-electron chi connectivity index (χ4n) is 5.67. The molecule has 4 nitrogen and oxygen atoms in total. The molecule has 2 unspecified atom stereocenters. The zero-order chi connectivity index (χ0) is 34.2. The highest BCUT2D eigenvalue weighted by atomic mass is 28.3. The molecular formula is C41H62O4Si2. The summed E-state index contributed by atoms with van der Waals surface area (Å²) in [6.07, 6.45) is 7.30. The van der Waals surface area contributed by atoms with Crippen LogP contribution in [0.3, 0.4) is 0 Å². The Balaban J connectivity index is 0.000000300. The standard InChI is InChI=1S/C29H40O4.C12H22Si2/c1-5-7-9-21-15-23(11-13-27(21)32-19-25-17-30-25)29(3,4)24-12-14-28(33-20-26-18-31-26)22(16-24)10-8-6-2;1-13(2,3)11-7-9-12(10-8-11)14(4,5)6/h11-16,25-26H,5-10,17-20H2,1-4H3;7-10H,1-6H3. The highest BCUT2D eigenvalue weighted by Crippen LogP contribution is 2.37. The second-order valence-corrected chi connectivity index (χ2v) is 26.2. The summed E-state index contributed by atoms with van der Waals surface area (Å²) >= 11 is 0. The first kappa shape index (κ1) is 37.4. The minimum atomic E-state index is -1.10. The molecule has 0 radical (unpaired) electrons. The van der Waals surface area contributed by atoms with E-state index in [1.54, 1.807) is 10.4 Å². The zero-order valence-electron chi connectivity index (χ0n) is 31.1. The summed E-state index contributed by atoms with van der Waals surface area (Å²) in [5.41, 5.74) is 5.14. The number of ether oxygens (including phenoxy) is 4. The molecule has 2 atom stereocenters. The van der Waals surface area contributed by atoms with Crippen molar-refractivity contribution in [3.8, 4) is 11.5 Å². The van der Waals surface area contributed by atoms with Crippen LogP contribution in [0.25, 0.3) is 0 Å². The molecule has 2 saturated heterocycles. The van der Waals surface area contributed by atoms with Gasteiger partial charge in [0.1, 0.15) is 36.9 Å². The summed E-state index contributed by atoms with van der Waals surface area (Å²) in [6.45, 7) is 26.5. The van der Waals surface area contributed by atoms with Crippen molar-refractivity contribution < 1.29 is 18.9 Å². The second-order valence-electron chi connectivity index (χ2n) is 16.1. The lowest BCUT2D eigenvalue weighted by molar-refractivity contribution is 0.260. The molecule has 0 amide bonds. The maximum Gasteiger partial charge on any atom is 0.122 e. The molecule has 5 rings (SSSR count). The van der Waals surface area contributed by atoms with Crippen molar-refractivity contribution in [3.05, 3.63) is 82.9 Å². The van der Waals surface area contributed by atoms with Gasteiger partial charge < -0.3 is 18.9 Å². The van der Waals surface area contributed by atoms with Crippen LogP contribution in [-0.4, -0.2) is 54.8 Å². The molecule has 2 heterocycles. The van der Waals surface area contributed by atoms with Gasteiger partial charge in [-0.05, 0) is 60.1 Å². The number of epoxide rings is 2. The molecule has 6 heteroatoms. The predicted octanol–water partition coefficient (Wildman–Crippen LogP) is 9.03. The molecule has 2 aliphatic heterocycles. The normalized spacial score (nSPS) is 17.5. The SMILES string of the molecule is CCCCc1cc(C(C)(C)c2ccc(OCC3CO3)c(CCCC)c2)ccc1OCC1CO1.C[Si](C)(C)c1ccc([Si](C)(C)C)cc1. The van der Waals surface area contributed by atoms with Gasteiger partial charge in [0.2, 0.25) is 0 Å². The van der Waals surface area contributed by atoms with Crippen LogP contribution in [0.1, 0.15) is 75.6 Å². The highest BCUT2D eigenvalue weighted by molar-refractivity contribution is 6.90. The van der Waals surface area contributed by atoms with Crippen molar-refractivity contribution in [3.63, 3.8) is 0 Å². The van der Waals surface area contributed by atoms with Crippen LogP contribution in [0.5, 0.6) is 11.5 Å². The topological polar surface area (TPSA) is 43.5 Å². The van der Waals surface area contributed by atoms with E-state index in [9.17, 15) is 0 Å². The van der Waals surface area contributed by atoms with Crippen LogP contribution >= 0.6 is 0 Å². The molecule has 2 fully saturated rings. The minimum Gasteiger partial charge on any atom is -0.491 e. The zero-order valence-corrected chi connectivity index (χ0v) is 33.1. The smallest absolute Gasteiger partial charge is 0.122 e. The van der Waals surface area contributed by atoms with E-state index in [0.717, 1.165) is 50.4 Å². The molecule has 0 aromatic heterocycles. The van der Waals surface area contributed by atoms with Crippen LogP contribution in [0, 0.1) is 0 Å². The Morgan fingerprint density at radius 2 is 0.979 bits per heavy atom. The quantitative estimate of drug-likeness (QED) is 0.112. The van der Waals surface area contributed by atoms with Gasteiger partial charge in [0.05, 0.1) is 29.4 Å². The molecule has 47 heavy (non-hydrogen) atoms. The van der Waals surface area contributed by atoms with Gasteiger partial charge in [-0.15, -0.1) is 0 Å². The lowest BCUT2D eigenvalue weighted by Gasteiger charge is -2.28. The second kappa shape index (κ2) is 16.3. The van der Waals surface area contributed by atoms with Gasteiger partial charge in [-0.25, -0.2) is 0 Å². The van der Waals surface area contributed by atoms with Gasteiger partial charge in [-0.3, -0.25) is 0 Å². The highest BCUT2D eigenvalue weighted by Gasteiger charge is 2.28. The number of unbranched alkanes of at least 4 members (excludes halogenated alkanes) is 2. The predicted molar refractivity (Wildman–Crippen MR) is 205 cm³/mol. The Bertz CT molecular complexity index is 1300. The Morgan fingerprint density at radius 1 is 0.617 bits per heavy atom. The largest absolute Gasteiger partial charge is 0.491 e. The van der Waals surface area contributed by atoms with Crippen LogP contribution < -0.4 is 19.8 Å². The maximum atomic E-state index is 6.11. The van der Waals surface area contributed by atoms with Crippen molar-refractivity contribution in [2.24, 2.45) is 0 Å². The third-order valence-electron chi connectivity index (χ3n) is 9.43. The first-order valence-corrected chi connectivity index (χ1v) is 25.1. The van der Waals surface area contributed by atoms with Crippen LogP contribution in [-0.2, 0) is 27.7 Å². The van der Waals surface area contributed by atoms with E-state index >= 15 is 0 Å².